The SMILES string of the molecule is Cc1cccc(-n2c(SCc3cccc(C#N)c3)nnc2-c2ccccc2F)c1. The number of nitrogens with zero attached hydrogens (tertiary/aromatic N) is 4. The van der Waals surface area contributed by atoms with Gasteiger partial charge in [-0.15, -0.1) is 10.2 Å². The van der Waals surface area contributed by atoms with Crippen LogP contribution in [0.4, 0.5) is 4.39 Å². The number of aryl methyl sites for hydroxylation is 1. The van der Waals surface area contributed by atoms with E-state index >= 15 is 0 Å². The number of hydrogen-bond donors (Lipinski definition) is 0. The van der Waals surface area contributed by atoms with Crippen molar-refractivity contribution in [1.29, 1.82) is 5.26 Å². The quantitative estimate of drug-likeness (QED) is 0.412. The second-order valence-corrected chi connectivity index (χ2v) is 7.50. The van der Waals surface area contributed by atoms with Crippen molar-refractivity contribution in [3.8, 4) is 23.1 Å². The van der Waals surface area contributed by atoms with E-state index in [4.69, 9.17) is 5.26 Å². The van der Waals surface area contributed by atoms with E-state index in [2.05, 4.69) is 16.3 Å². The van der Waals surface area contributed by atoms with E-state index in [1.54, 1.807) is 24.3 Å². The predicted octanol–water partition coefficient (Wildman–Crippen LogP) is 5.55. The lowest BCUT2D eigenvalue weighted by molar-refractivity contribution is 0.629. The Hall–Kier alpha value is -3.43. The molecule has 29 heavy (non-hydrogen) atoms. The van der Waals surface area contributed by atoms with Gasteiger partial charge < -0.3 is 0 Å². The van der Waals surface area contributed by atoms with E-state index < -0.39 is 0 Å². The molecule has 142 valence electrons. The number of halogens is 1. The van der Waals surface area contributed by atoms with E-state index in [1.165, 1.54) is 17.8 Å². The molecule has 0 saturated carbocycles. The molecule has 0 aliphatic rings. The molecule has 0 aliphatic heterocycles. The Morgan fingerprint density at radius 1 is 1.00 bits per heavy atom. The zero-order valence-corrected chi connectivity index (χ0v) is 16.5. The summed E-state index contributed by atoms with van der Waals surface area (Å²) in [5.41, 5.74) is 4.00. The van der Waals surface area contributed by atoms with Crippen LogP contribution < -0.4 is 0 Å². The highest BCUT2D eigenvalue weighted by Crippen LogP contribution is 2.31. The third-order valence-corrected chi connectivity index (χ3v) is 5.43. The summed E-state index contributed by atoms with van der Waals surface area (Å²) in [7, 11) is 0. The van der Waals surface area contributed by atoms with Gasteiger partial charge >= 0.3 is 0 Å². The van der Waals surface area contributed by atoms with Crippen LogP contribution in [0.1, 0.15) is 16.7 Å². The van der Waals surface area contributed by atoms with E-state index in [0.717, 1.165) is 16.8 Å². The molecule has 4 aromatic rings. The minimum Gasteiger partial charge on any atom is -0.270 e. The monoisotopic (exact) mass is 400 g/mol. The first kappa shape index (κ1) is 18.9. The van der Waals surface area contributed by atoms with Crippen LogP contribution >= 0.6 is 11.8 Å². The van der Waals surface area contributed by atoms with Crippen molar-refractivity contribution < 1.29 is 4.39 Å². The maximum absolute atomic E-state index is 14.5. The zero-order chi connectivity index (χ0) is 20.2. The Balaban J connectivity index is 1.76. The Morgan fingerprint density at radius 2 is 1.83 bits per heavy atom. The van der Waals surface area contributed by atoms with Crippen LogP contribution in [0.5, 0.6) is 0 Å². The molecule has 0 unspecified atom stereocenters. The van der Waals surface area contributed by atoms with Gasteiger partial charge in [0.25, 0.3) is 0 Å². The second-order valence-electron chi connectivity index (χ2n) is 6.56. The van der Waals surface area contributed by atoms with Gasteiger partial charge in [0.1, 0.15) is 5.82 Å². The highest BCUT2D eigenvalue weighted by molar-refractivity contribution is 7.98. The predicted molar refractivity (Wildman–Crippen MR) is 112 cm³/mol. The largest absolute Gasteiger partial charge is 0.270 e. The van der Waals surface area contributed by atoms with Crippen molar-refractivity contribution in [2.75, 3.05) is 0 Å². The van der Waals surface area contributed by atoms with Gasteiger partial charge in [-0.25, -0.2) is 4.39 Å². The normalized spacial score (nSPS) is 10.7. The second kappa shape index (κ2) is 8.29. The van der Waals surface area contributed by atoms with Crippen molar-refractivity contribution >= 4 is 11.8 Å². The van der Waals surface area contributed by atoms with Gasteiger partial charge in [-0.3, -0.25) is 4.57 Å². The maximum Gasteiger partial charge on any atom is 0.196 e. The molecule has 0 N–H and O–H groups in total. The van der Waals surface area contributed by atoms with Crippen molar-refractivity contribution in [2.24, 2.45) is 0 Å². The zero-order valence-electron chi connectivity index (χ0n) is 15.7. The highest BCUT2D eigenvalue weighted by atomic mass is 32.2. The number of thioether (sulfide) groups is 1. The van der Waals surface area contributed by atoms with Gasteiger partial charge in [-0.1, -0.05) is 48.2 Å². The fourth-order valence-electron chi connectivity index (χ4n) is 3.06. The van der Waals surface area contributed by atoms with Gasteiger partial charge in [0.05, 0.1) is 17.2 Å². The van der Waals surface area contributed by atoms with E-state index in [-0.39, 0.29) is 5.82 Å². The minimum atomic E-state index is -0.341. The van der Waals surface area contributed by atoms with Crippen LogP contribution in [0, 0.1) is 24.1 Å². The summed E-state index contributed by atoms with van der Waals surface area (Å²) in [5, 5.41) is 18.4. The van der Waals surface area contributed by atoms with Crippen LogP contribution in [0.3, 0.4) is 0 Å². The maximum atomic E-state index is 14.5. The number of hydrogen-bond acceptors (Lipinski definition) is 4. The average molecular weight is 400 g/mol. The summed E-state index contributed by atoms with van der Waals surface area (Å²) < 4.78 is 16.4. The lowest BCUT2D eigenvalue weighted by atomic mass is 10.2. The lowest BCUT2D eigenvalue weighted by Gasteiger charge is -2.11. The minimum absolute atomic E-state index is 0.341. The van der Waals surface area contributed by atoms with Crippen molar-refractivity contribution in [2.45, 2.75) is 17.8 Å². The van der Waals surface area contributed by atoms with E-state index in [0.29, 0.717) is 27.9 Å². The summed E-state index contributed by atoms with van der Waals surface area (Å²) >= 11 is 1.50. The summed E-state index contributed by atoms with van der Waals surface area (Å²) in [6, 6.07) is 24.1. The fraction of sp³-hybridized carbons (Fsp3) is 0.0870. The van der Waals surface area contributed by atoms with Crippen LogP contribution in [0.25, 0.3) is 17.1 Å². The van der Waals surface area contributed by atoms with Crippen LogP contribution in [0.2, 0.25) is 0 Å². The summed E-state index contributed by atoms with van der Waals surface area (Å²) in [4.78, 5) is 0. The fourth-order valence-corrected chi connectivity index (χ4v) is 3.95. The average Bonchev–Trinajstić information content (AvgIpc) is 3.16. The Labute approximate surface area is 172 Å². The molecule has 0 bridgehead atoms. The molecule has 0 saturated heterocycles. The molecular formula is C23H17FN4S. The topological polar surface area (TPSA) is 54.5 Å². The van der Waals surface area contributed by atoms with Gasteiger partial charge in [-0.2, -0.15) is 5.26 Å². The summed E-state index contributed by atoms with van der Waals surface area (Å²) in [6.45, 7) is 2.01. The molecule has 0 atom stereocenters. The van der Waals surface area contributed by atoms with Crippen molar-refractivity contribution in [1.82, 2.24) is 14.8 Å². The molecule has 1 heterocycles. The Morgan fingerprint density at radius 3 is 2.62 bits per heavy atom. The molecular weight excluding hydrogens is 383 g/mol. The molecule has 6 heteroatoms. The van der Waals surface area contributed by atoms with E-state index in [1.807, 2.05) is 54.0 Å². The third kappa shape index (κ3) is 4.05. The molecule has 0 fully saturated rings. The molecule has 0 aliphatic carbocycles. The van der Waals surface area contributed by atoms with Crippen molar-refractivity contribution in [3.63, 3.8) is 0 Å². The number of nitriles is 1. The molecule has 0 spiro atoms. The lowest BCUT2D eigenvalue weighted by Crippen LogP contribution is -2.01. The number of rotatable bonds is 5. The molecule has 4 nitrogen and oxygen atoms in total. The van der Waals surface area contributed by atoms with Crippen LogP contribution in [-0.4, -0.2) is 14.8 Å². The highest BCUT2D eigenvalue weighted by Gasteiger charge is 2.18. The van der Waals surface area contributed by atoms with Gasteiger partial charge in [0.2, 0.25) is 0 Å². The third-order valence-electron chi connectivity index (χ3n) is 4.43. The molecule has 3 aromatic carbocycles. The smallest absolute Gasteiger partial charge is 0.196 e. The summed E-state index contributed by atoms with van der Waals surface area (Å²) in [6.07, 6.45) is 0. The Kier molecular flexibility index (Phi) is 5.41. The molecule has 1 aromatic heterocycles. The van der Waals surface area contributed by atoms with Gasteiger partial charge in [0.15, 0.2) is 11.0 Å². The first-order chi connectivity index (χ1) is 14.2. The number of benzene rings is 3. The van der Waals surface area contributed by atoms with Crippen LogP contribution in [0.15, 0.2) is 78.0 Å². The Bertz CT molecular complexity index is 1210. The van der Waals surface area contributed by atoms with Crippen LogP contribution in [-0.2, 0) is 5.75 Å². The van der Waals surface area contributed by atoms with Gasteiger partial charge in [-0.05, 0) is 54.4 Å². The molecule has 0 radical (unpaired) electrons. The first-order valence-corrected chi connectivity index (χ1v) is 10.0. The standard InChI is InChI=1S/C23H17FN4S/c1-16-6-4-9-19(12-16)28-22(20-10-2-3-11-21(20)24)26-27-23(28)29-15-18-8-5-7-17(13-18)14-25/h2-13H,15H2,1H3. The molecule has 4 rings (SSSR count). The first-order valence-electron chi connectivity index (χ1n) is 9.05. The van der Waals surface area contributed by atoms with Gasteiger partial charge in [0, 0.05) is 11.4 Å². The summed E-state index contributed by atoms with van der Waals surface area (Å²) in [5.74, 6) is 0.741. The van der Waals surface area contributed by atoms with Crippen molar-refractivity contribution in [3.05, 3.63) is 95.3 Å². The number of aromatic nitrogens is 3. The molecule has 0 amide bonds. The van der Waals surface area contributed by atoms with E-state index in [9.17, 15) is 4.39 Å².